The third-order valence-electron chi connectivity index (χ3n) is 2.04. The summed E-state index contributed by atoms with van der Waals surface area (Å²) in [4.78, 5) is 23.0. The molecule has 0 aliphatic heterocycles. The molecule has 2 heterocycles. The summed E-state index contributed by atoms with van der Waals surface area (Å²) in [7, 11) is 0. The predicted molar refractivity (Wildman–Crippen MR) is 55.3 cm³/mol. The van der Waals surface area contributed by atoms with E-state index in [4.69, 9.17) is 0 Å². The van der Waals surface area contributed by atoms with Crippen molar-refractivity contribution in [1.82, 2.24) is 15.0 Å². The second-order valence-corrected chi connectivity index (χ2v) is 3.15. The summed E-state index contributed by atoms with van der Waals surface area (Å²) in [5, 5.41) is 0. The molecule has 4 nitrogen and oxygen atoms in total. The molecule has 0 radical (unpaired) electrons. The van der Waals surface area contributed by atoms with Crippen LogP contribution in [-0.2, 0) is 0 Å². The van der Waals surface area contributed by atoms with Crippen molar-refractivity contribution in [3.05, 3.63) is 42.7 Å². The fourth-order valence-corrected chi connectivity index (χ4v) is 1.24. The van der Waals surface area contributed by atoms with Crippen molar-refractivity contribution in [3.63, 3.8) is 0 Å². The highest BCUT2D eigenvalue weighted by atomic mass is 16.1. The third-order valence-corrected chi connectivity index (χ3v) is 2.04. The first kappa shape index (κ1) is 9.45. The Morgan fingerprint density at radius 3 is 2.33 bits per heavy atom. The van der Waals surface area contributed by atoms with Gasteiger partial charge in [-0.05, 0) is 13.0 Å². The van der Waals surface area contributed by atoms with Crippen LogP contribution in [-0.4, -0.2) is 20.7 Å². The lowest BCUT2D eigenvalue weighted by molar-refractivity contribution is 0.101. The Bertz CT molecular complexity index is 482. The Balaban J connectivity index is 2.46. The van der Waals surface area contributed by atoms with E-state index in [0.29, 0.717) is 5.56 Å². The zero-order chi connectivity index (χ0) is 10.7. The molecule has 0 aliphatic rings. The molecular weight excluding hydrogens is 190 g/mol. The minimum atomic E-state index is 0.00111. The second-order valence-electron chi connectivity index (χ2n) is 3.15. The van der Waals surface area contributed by atoms with Crippen molar-refractivity contribution < 1.29 is 4.79 Å². The van der Waals surface area contributed by atoms with Gasteiger partial charge >= 0.3 is 0 Å². The number of pyridine rings is 1. The number of nitrogens with zero attached hydrogens (tertiary/aromatic N) is 3. The minimum Gasteiger partial charge on any atom is -0.294 e. The molecule has 4 heteroatoms. The molecular formula is C11H9N3O. The number of aromatic nitrogens is 3. The summed E-state index contributed by atoms with van der Waals surface area (Å²) >= 11 is 0. The van der Waals surface area contributed by atoms with Crippen LogP contribution in [0.5, 0.6) is 0 Å². The lowest BCUT2D eigenvalue weighted by Crippen LogP contribution is -1.94. The first-order valence-corrected chi connectivity index (χ1v) is 4.49. The Kier molecular flexibility index (Phi) is 2.49. The van der Waals surface area contributed by atoms with Crippen LogP contribution >= 0.6 is 0 Å². The second kappa shape index (κ2) is 3.96. The molecule has 0 saturated carbocycles. The van der Waals surface area contributed by atoms with Crippen LogP contribution in [0.1, 0.15) is 17.3 Å². The number of hydrogen-bond acceptors (Lipinski definition) is 4. The van der Waals surface area contributed by atoms with Gasteiger partial charge in [-0.1, -0.05) is 0 Å². The van der Waals surface area contributed by atoms with Crippen molar-refractivity contribution >= 4 is 5.78 Å². The van der Waals surface area contributed by atoms with Crippen molar-refractivity contribution in [2.75, 3.05) is 0 Å². The molecule has 0 aromatic carbocycles. The Morgan fingerprint density at radius 1 is 1.00 bits per heavy atom. The van der Waals surface area contributed by atoms with Crippen LogP contribution < -0.4 is 0 Å². The first-order valence-electron chi connectivity index (χ1n) is 4.49. The molecule has 0 saturated heterocycles. The maximum Gasteiger partial charge on any atom is 0.161 e. The molecule has 0 N–H and O–H groups in total. The van der Waals surface area contributed by atoms with E-state index in [0.717, 1.165) is 11.1 Å². The molecule has 2 aromatic heterocycles. The van der Waals surface area contributed by atoms with Gasteiger partial charge in [0, 0.05) is 41.5 Å². The van der Waals surface area contributed by atoms with Gasteiger partial charge in [0.1, 0.15) is 6.33 Å². The standard InChI is InChI=1S/C11H9N3O/c1-8(15)9-2-10(4-12-3-9)11-5-13-7-14-6-11/h2-7H,1H3. The summed E-state index contributed by atoms with van der Waals surface area (Å²) < 4.78 is 0. The molecule has 0 spiro atoms. The Hall–Kier alpha value is -2.10. The van der Waals surface area contributed by atoms with Crippen LogP contribution in [0.25, 0.3) is 11.1 Å². The highest BCUT2D eigenvalue weighted by Gasteiger charge is 2.03. The topological polar surface area (TPSA) is 55.7 Å². The van der Waals surface area contributed by atoms with Gasteiger partial charge in [0.25, 0.3) is 0 Å². The van der Waals surface area contributed by atoms with Crippen molar-refractivity contribution in [3.8, 4) is 11.1 Å². The van der Waals surface area contributed by atoms with Crippen LogP contribution in [0, 0.1) is 0 Å². The van der Waals surface area contributed by atoms with Gasteiger partial charge in [-0.15, -0.1) is 0 Å². The average molecular weight is 199 g/mol. The average Bonchev–Trinajstić information content (AvgIpc) is 2.30. The lowest BCUT2D eigenvalue weighted by atomic mass is 10.1. The molecule has 0 bridgehead atoms. The van der Waals surface area contributed by atoms with Crippen LogP contribution in [0.3, 0.4) is 0 Å². The number of Topliss-reactive ketones (excluding diaryl/α,β-unsaturated/α-hetero) is 1. The summed E-state index contributed by atoms with van der Waals surface area (Å²) in [6.45, 7) is 1.52. The number of carbonyl (C=O) groups excluding carboxylic acids is 1. The van der Waals surface area contributed by atoms with E-state index in [2.05, 4.69) is 15.0 Å². The fourth-order valence-electron chi connectivity index (χ4n) is 1.24. The lowest BCUT2D eigenvalue weighted by Gasteiger charge is -2.00. The zero-order valence-corrected chi connectivity index (χ0v) is 8.21. The number of hydrogen-bond donors (Lipinski definition) is 0. The van der Waals surface area contributed by atoms with Crippen LogP contribution in [0.2, 0.25) is 0 Å². The van der Waals surface area contributed by atoms with Crippen LogP contribution in [0.15, 0.2) is 37.2 Å². The SMILES string of the molecule is CC(=O)c1cncc(-c2cncnc2)c1. The van der Waals surface area contributed by atoms with Crippen molar-refractivity contribution in [2.45, 2.75) is 6.92 Å². The van der Waals surface area contributed by atoms with Gasteiger partial charge in [0.05, 0.1) is 0 Å². The Morgan fingerprint density at radius 2 is 1.67 bits per heavy atom. The van der Waals surface area contributed by atoms with E-state index >= 15 is 0 Å². The molecule has 0 fully saturated rings. The van der Waals surface area contributed by atoms with E-state index in [9.17, 15) is 4.79 Å². The van der Waals surface area contributed by atoms with Gasteiger partial charge in [-0.25, -0.2) is 9.97 Å². The first-order chi connectivity index (χ1) is 7.27. The monoisotopic (exact) mass is 199 g/mol. The molecule has 0 unspecified atom stereocenters. The molecule has 15 heavy (non-hydrogen) atoms. The normalized spacial score (nSPS) is 9.93. The smallest absolute Gasteiger partial charge is 0.161 e. The molecule has 0 aliphatic carbocycles. The van der Waals surface area contributed by atoms with E-state index in [1.54, 1.807) is 30.9 Å². The van der Waals surface area contributed by atoms with Gasteiger partial charge in [-0.2, -0.15) is 0 Å². The van der Waals surface area contributed by atoms with Crippen LogP contribution in [0.4, 0.5) is 0 Å². The van der Waals surface area contributed by atoms with E-state index in [-0.39, 0.29) is 5.78 Å². The molecule has 74 valence electrons. The van der Waals surface area contributed by atoms with E-state index in [1.165, 1.54) is 13.3 Å². The van der Waals surface area contributed by atoms with Crippen molar-refractivity contribution in [1.29, 1.82) is 0 Å². The number of ketones is 1. The maximum absolute atomic E-state index is 11.2. The largest absolute Gasteiger partial charge is 0.294 e. The molecule has 0 atom stereocenters. The molecule has 2 rings (SSSR count). The maximum atomic E-state index is 11.2. The molecule has 2 aromatic rings. The van der Waals surface area contributed by atoms with Gasteiger partial charge in [0.15, 0.2) is 5.78 Å². The summed E-state index contributed by atoms with van der Waals surface area (Å²) in [6, 6.07) is 1.79. The zero-order valence-electron chi connectivity index (χ0n) is 8.21. The Labute approximate surface area is 87.0 Å². The molecule has 0 amide bonds. The number of carbonyl (C=O) groups is 1. The summed E-state index contributed by atoms with van der Waals surface area (Å²) in [5.41, 5.74) is 2.30. The fraction of sp³-hybridized carbons (Fsp3) is 0.0909. The van der Waals surface area contributed by atoms with Gasteiger partial charge in [-0.3, -0.25) is 9.78 Å². The van der Waals surface area contributed by atoms with Gasteiger partial charge in [0.2, 0.25) is 0 Å². The van der Waals surface area contributed by atoms with Crippen molar-refractivity contribution in [2.24, 2.45) is 0 Å². The number of rotatable bonds is 2. The minimum absolute atomic E-state index is 0.00111. The van der Waals surface area contributed by atoms with Gasteiger partial charge < -0.3 is 0 Å². The highest BCUT2D eigenvalue weighted by molar-refractivity contribution is 5.94. The predicted octanol–water partition coefficient (Wildman–Crippen LogP) is 1.74. The highest BCUT2D eigenvalue weighted by Crippen LogP contribution is 2.16. The van der Waals surface area contributed by atoms with E-state index < -0.39 is 0 Å². The summed E-state index contributed by atoms with van der Waals surface area (Å²) in [6.07, 6.45) is 8.08. The quantitative estimate of drug-likeness (QED) is 0.691. The third kappa shape index (κ3) is 2.04. The summed E-state index contributed by atoms with van der Waals surface area (Å²) in [5.74, 6) is 0.00111. The van der Waals surface area contributed by atoms with E-state index in [1.807, 2.05) is 0 Å².